The molecule has 0 aliphatic rings. The minimum atomic E-state index is 0.0479. The first-order chi connectivity index (χ1) is 7.33. The Labute approximate surface area is 91.2 Å². The van der Waals surface area contributed by atoms with Crippen LogP contribution in [0.25, 0.3) is 10.1 Å². The van der Waals surface area contributed by atoms with E-state index < -0.39 is 0 Å². The molecule has 0 aliphatic heterocycles. The van der Waals surface area contributed by atoms with Crippen LogP contribution in [0.4, 0.5) is 0 Å². The lowest BCUT2D eigenvalue weighted by Crippen LogP contribution is -2.18. The number of hydrogen-bond donors (Lipinski definition) is 0. The molecule has 4 heteroatoms. The van der Waals surface area contributed by atoms with E-state index in [9.17, 15) is 4.79 Å². The molecule has 15 heavy (non-hydrogen) atoms. The van der Waals surface area contributed by atoms with Crippen molar-refractivity contribution in [2.75, 3.05) is 0 Å². The molecule has 0 aromatic carbocycles. The molecule has 0 spiro atoms. The minimum absolute atomic E-state index is 0.0479. The van der Waals surface area contributed by atoms with E-state index in [4.69, 9.17) is 5.26 Å². The molecular formula is C11H10N2OS. The van der Waals surface area contributed by atoms with E-state index in [0.717, 1.165) is 16.5 Å². The number of unbranched alkanes of at least 4 members (excludes halogenated alkanes) is 1. The number of nitriles is 1. The predicted molar refractivity (Wildman–Crippen MR) is 60.9 cm³/mol. The van der Waals surface area contributed by atoms with E-state index in [0.29, 0.717) is 13.0 Å². The summed E-state index contributed by atoms with van der Waals surface area (Å²) in [5, 5.41) is 11.1. The van der Waals surface area contributed by atoms with Crippen molar-refractivity contribution in [3.05, 3.63) is 34.1 Å². The van der Waals surface area contributed by atoms with Gasteiger partial charge in [-0.25, -0.2) is 0 Å². The van der Waals surface area contributed by atoms with Gasteiger partial charge in [-0.15, -0.1) is 11.3 Å². The van der Waals surface area contributed by atoms with Crippen molar-refractivity contribution >= 4 is 21.4 Å². The summed E-state index contributed by atoms with van der Waals surface area (Å²) in [6.07, 6.45) is 3.03. The largest absolute Gasteiger partial charge is 0.315 e. The highest BCUT2D eigenvalue weighted by atomic mass is 32.1. The molecule has 0 radical (unpaired) electrons. The van der Waals surface area contributed by atoms with Gasteiger partial charge in [0, 0.05) is 23.9 Å². The van der Waals surface area contributed by atoms with Crippen molar-refractivity contribution < 1.29 is 0 Å². The maximum atomic E-state index is 11.9. The van der Waals surface area contributed by atoms with Crippen LogP contribution in [0.15, 0.2) is 28.5 Å². The normalized spacial score (nSPS) is 10.3. The van der Waals surface area contributed by atoms with E-state index in [1.807, 2.05) is 17.5 Å². The summed E-state index contributed by atoms with van der Waals surface area (Å²) >= 11 is 1.57. The Morgan fingerprint density at radius 2 is 2.33 bits per heavy atom. The fourth-order valence-corrected chi connectivity index (χ4v) is 2.28. The van der Waals surface area contributed by atoms with E-state index >= 15 is 0 Å². The molecule has 0 saturated carbocycles. The minimum Gasteiger partial charge on any atom is -0.315 e. The van der Waals surface area contributed by atoms with Crippen molar-refractivity contribution in [2.24, 2.45) is 0 Å². The van der Waals surface area contributed by atoms with Crippen molar-refractivity contribution in [3.8, 4) is 6.07 Å². The van der Waals surface area contributed by atoms with Gasteiger partial charge in [0.05, 0.1) is 11.5 Å². The van der Waals surface area contributed by atoms with Gasteiger partial charge in [0.2, 0.25) is 0 Å². The monoisotopic (exact) mass is 218 g/mol. The Balaban J connectivity index is 2.32. The van der Waals surface area contributed by atoms with Crippen LogP contribution in [-0.4, -0.2) is 4.57 Å². The predicted octanol–water partition coefficient (Wildman–Crippen LogP) is 2.37. The van der Waals surface area contributed by atoms with Crippen LogP contribution in [0.2, 0.25) is 0 Å². The molecule has 0 atom stereocenters. The van der Waals surface area contributed by atoms with Crippen LogP contribution in [0.1, 0.15) is 12.8 Å². The summed E-state index contributed by atoms with van der Waals surface area (Å²) in [6.45, 7) is 0.623. The summed E-state index contributed by atoms with van der Waals surface area (Å²) in [5.41, 5.74) is 0.0479. The summed E-state index contributed by atoms with van der Waals surface area (Å²) in [4.78, 5) is 11.9. The van der Waals surface area contributed by atoms with Crippen LogP contribution in [0, 0.1) is 11.3 Å². The number of aromatic nitrogens is 1. The number of hydrogen-bond acceptors (Lipinski definition) is 3. The average Bonchev–Trinajstić information content (AvgIpc) is 2.70. The number of pyridine rings is 1. The molecule has 2 aromatic heterocycles. The fraction of sp³-hybridized carbons (Fsp3) is 0.273. The van der Waals surface area contributed by atoms with Gasteiger partial charge < -0.3 is 4.57 Å². The first-order valence-corrected chi connectivity index (χ1v) is 5.64. The zero-order valence-electron chi connectivity index (χ0n) is 8.14. The molecule has 2 aromatic rings. The second-order valence-corrected chi connectivity index (χ2v) is 4.22. The zero-order valence-corrected chi connectivity index (χ0v) is 8.96. The summed E-state index contributed by atoms with van der Waals surface area (Å²) in [5.74, 6) is 0. The molecule has 3 nitrogen and oxygen atoms in total. The van der Waals surface area contributed by atoms with E-state index in [1.54, 1.807) is 22.1 Å². The van der Waals surface area contributed by atoms with Gasteiger partial charge in [-0.1, -0.05) is 0 Å². The second-order valence-electron chi connectivity index (χ2n) is 3.27. The Bertz CT molecular complexity index is 562. The maximum absolute atomic E-state index is 11.9. The molecule has 0 fully saturated rings. The zero-order chi connectivity index (χ0) is 10.7. The van der Waals surface area contributed by atoms with Crippen LogP contribution < -0.4 is 5.56 Å². The van der Waals surface area contributed by atoms with E-state index in [-0.39, 0.29) is 5.56 Å². The Hall–Kier alpha value is -1.60. The Morgan fingerprint density at radius 3 is 3.13 bits per heavy atom. The number of thiophene rings is 1. The number of nitrogens with zero attached hydrogens (tertiary/aromatic N) is 2. The smallest absolute Gasteiger partial charge is 0.259 e. The Morgan fingerprint density at radius 1 is 1.47 bits per heavy atom. The molecule has 0 aliphatic carbocycles. The van der Waals surface area contributed by atoms with Crippen molar-refractivity contribution in [1.29, 1.82) is 5.26 Å². The van der Waals surface area contributed by atoms with Gasteiger partial charge in [-0.05, 0) is 23.9 Å². The molecular weight excluding hydrogens is 208 g/mol. The summed E-state index contributed by atoms with van der Waals surface area (Å²) in [7, 11) is 0. The van der Waals surface area contributed by atoms with Gasteiger partial charge in [0.15, 0.2) is 0 Å². The van der Waals surface area contributed by atoms with Crippen molar-refractivity contribution in [2.45, 2.75) is 19.4 Å². The fourth-order valence-electron chi connectivity index (χ4n) is 1.51. The SMILES string of the molecule is N#CCCCn1ccc2sccc2c1=O. The molecule has 76 valence electrons. The van der Waals surface area contributed by atoms with Gasteiger partial charge >= 0.3 is 0 Å². The van der Waals surface area contributed by atoms with E-state index in [2.05, 4.69) is 6.07 Å². The second kappa shape index (κ2) is 4.28. The lowest BCUT2D eigenvalue weighted by molar-refractivity contribution is 0.636. The molecule has 0 amide bonds. The first kappa shape index (κ1) is 9.94. The first-order valence-electron chi connectivity index (χ1n) is 4.76. The lowest BCUT2D eigenvalue weighted by atomic mass is 10.3. The standard InChI is InChI=1S/C11H10N2OS/c12-5-1-2-6-13-7-3-10-9(11(13)14)4-8-15-10/h3-4,7-8H,1-2,6H2. The third-order valence-electron chi connectivity index (χ3n) is 2.28. The topological polar surface area (TPSA) is 45.8 Å². The van der Waals surface area contributed by atoms with Gasteiger partial charge in [0.1, 0.15) is 0 Å². The molecule has 0 saturated heterocycles. The lowest BCUT2D eigenvalue weighted by Gasteiger charge is -2.03. The highest BCUT2D eigenvalue weighted by Crippen LogP contribution is 2.16. The molecule has 0 unspecified atom stereocenters. The van der Waals surface area contributed by atoms with Crippen molar-refractivity contribution in [3.63, 3.8) is 0 Å². The van der Waals surface area contributed by atoms with Crippen LogP contribution in [0.5, 0.6) is 0 Å². The van der Waals surface area contributed by atoms with Crippen LogP contribution >= 0.6 is 11.3 Å². The van der Waals surface area contributed by atoms with Gasteiger partial charge in [-0.3, -0.25) is 4.79 Å². The third-order valence-corrected chi connectivity index (χ3v) is 3.16. The highest BCUT2D eigenvalue weighted by Gasteiger charge is 2.02. The van der Waals surface area contributed by atoms with Gasteiger partial charge in [0.25, 0.3) is 5.56 Å². The maximum Gasteiger partial charge on any atom is 0.259 e. The average molecular weight is 218 g/mol. The number of rotatable bonds is 3. The third kappa shape index (κ3) is 1.92. The van der Waals surface area contributed by atoms with Crippen LogP contribution in [0.3, 0.4) is 0 Å². The molecule has 2 rings (SSSR count). The van der Waals surface area contributed by atoms with Gasteiger partial charge in [-0.2, -0.15) is 5.26 Å². The highest BCUT2D eigenvalue weighted by molar-refractivity contribution is 7.17. The summed E-state index contributed by atoms with van der Waals surface area (Å²) in [6, 6.07) is 5.88. The van der Waals surface area contributed by atoms with E-state index in [1.165, 1.54) is 0 Å². The summed E-state index contributed by atoms with van der Waals surface area (Å²) < 4.78 is 2.70. The molecule has 2 heterocycles. The molecule has 0 N–H and O–H groups in total. The van der Waals surface area contributed by atoms with Crippen LogP contribution in [-0.2, 0) is 6.54 Å². The van der Waals surface area contributed by atoms with Crippen molar-refractivity contribution in [1.82, 2.24) is 4.57 Å². The molecule has 0 bridgehead atoms. The number of fused-ring (bicyclic) bond motifs is 1. The quantitative estimate of drug-likeness (QED) is 0.742. The number of aryl methyl sites for hydroxylation is 1. The Kier molecular flexibility index (Phi) is 2.84.